The van der Waals surface area contributed by atoms with Crippen LogP contribution in [-0.2, 0) is 27.2 Å². The number of ketones is 1. The van der Waals surface area contributed by atoms with Crippen molar-refractivity contribution in [1.29, 1.82) is 0 Å². The fourth-order valence-corrected chi connectivity index (χ4v) is 6.60. The van der Waals surface area contributed by atoms with Crippen LogP contribution in [0.5, 0.6) is 0 Å². The number of pyridine rings is 1. The Kier molecular flexibility index (Phi) is 6.57. The van der Waals surface area contributed by atoms with Gasteiger partial charge in [-0.05, 0) is 55.3 Å². The van der Waals surface area contributed by atoms with E-state index in [0.29, 0.717) is 17.0 Å². The van der Waals surface area contributed by atoms with Gasteiger partial charge in [-0.3, -0.25) is 9.78 Å². The molecular formula is C26H23F5N4O3S. The summed E-state index contributed by atoms with van der Waals surface area (Å²) < 4.78 is 96.1. The summed E-state index contributed by atoms with van der Waals surface area (Å²) in [5.74, 6) is -7.38. The predicted octanol–water partition coefficient (Wildman–Crippen LogP) is 4.78. The Labute approximate surface area is 221 Å². The molecule has 2 aromatic heterocycles. The molecule has 1 aliphatic heterocycles. The third-order valence-corrected chi connectivity index (χ3v) is 9.12. The minimum Gasteiger partial charge on any atom is -0.298 e. The number of hydrogen-bond acceptors (Lipinski definition) is 6. The standard InChI is InChI=1S/C26H23F5N4O3S/c1-24(28,29)23-9-2-16(12-32-23)20-10-18(33-15-34-20)5-8-22(36)21-11-25(13-26(25,30)31)14-35(21)39(37,38)19-6-3-17(27)4-7-19/h2-4,6-7,9-10,12,15,21H,5,8,11,13-14H2,1H3/t21-,25+/m0/s1. The molecular weight excluding hydrogens is 543 g/mol. The lowest BCUT2D eigenvalue weighted by atomic mass is 9.97. The Balaban J connectivity index is 1.33. The third kappa shape index (κ3) is 5.17. The van der Waals surface area contributed by atoms with Gasteiger partial charge in [-0.15, -0.1) is 0 Å². The maximum absolute atomic E-state index is 14.2. The van der Waals surface area contributed by atoms with Gasteiger partial charge in [0.15, 0.2) is 5.78 Å². The normalized spacial score (nSPS) is 22.8. The van der Waals surface area contributed by atoms with Crippen LogP contribution in [0, 0.1) is 11.2 Å². The molecule has 206 valence electrons. The zero-order valence-electron chi connectivity index (χ0n) is 20.6. The molecule has 3 heterocycles. The first-order chi connectivity index (χ1) is 18.2. The molecule has 0 radical (unpaired) electrons. The second-order valence-corrected chi connectivity index (χ2v) is 12.0. The predicted molar refractivity (Wildman–Crippen MR) is 129 cm³/mol. The minimum absolute atomic E-state index is 0.0667. The number of benzene rings is 1. The number of Topliss-reactive ketones (excluding diaryl/α,β-unsaturated/α-hetero) is 1. The largest absolute Gasteiger partial charge is 0.298 e. The van der Waals surface area contributed by atoms with E-state index in [0.717, 1.165) is 35.5 Å². The van der Waals surface area contributed by atoms with Gasteiger partial charge in [0.25, 0.3) is 11.8 Å². The van der Waals surface area contributed by atoms with Gasteiger partial charge in [0.05, 0.1) is 22.0 Å². The van der Waals surface area contributed by atoms with Crippen LogP contribution in [-0.4, -0.2) is 52.0 Å². The zero-order chi connectivity index (χ0) is 28.2. The van der Waals surface area contributed by atoms with Gasteiger partial charge < -0.3 is 0 Å². The van der Waals surface area contributed by atoms with E-state index in [-0.39, 0.29) is 24.2 Å². The summed E-state index contributed by atoms with van der Waals surface area (Å²) >= 11 is 0. The molecule has 2 atom stereocenters. The summed E-state index contributed by atoms with van der Waals surface area (Å²) in [7, 11) is -4.34. The lowest BCUT2D eigenvalue weighted by Gasteiger charge is -2.23. The van der Waals surface area contributed by atoms with E-state index in [9.17, 15) is 35.2 Å². The average molecular weight is 567 g/mol. The third-order valence-electron chi connectivity index (χ3n) is 7.25. The van der Waals surface area contributed by atoms with Gasteiger partial charge >= 0.3 is 0 Å². The highest BCUT2D eigenvalue weighted by molar-refractivity contribution is 7.89. The number of nitrogens with zero attached hydrogens (tertiary/aromatic N) is 4. The maximum atomic E-state index is 14.2. The van der Waals surface area contributed by atoms with Crippen molar-refractivity contribution in [3.8, 4) is 11.3 Å². The van der Waals surface area contributed by atoms with E-state index in [1.807, 2.05) is 0 Å². The van der Waals surface area contributed by atoms with E-state index in [4.69, 9.17) is 0 Å². The lowest BCUT2D eigenvalue weighted by Crippen LogP contribution is -2.40. The summed E-state index contributed by atoms with van der Waals surface area (Å²) in [5.41, 5.74) is -0.763. The molecule has 0 bridgehead atoms. The molecule has 0 unspecified atom stereocenters. The summed E-state index contributed by atoms with van der Waals surface area (Å²) in [6.45, 7) is 0.227. The van der Waals surface area contributed by atoms with Crippen molar-refractivity contribution >= 4 is 15.8 Å². The van der Waals surface area contributed by atoms with Crippen LogP contribution in [0.2, 0.25) is 0 Å². The molecule has 0 amide bonds. The summed E-state index contributed by atoms with van der Waals surface area (Å²) in [4.78, 5) is 24.9. The second kappa shape index (κ2) is 9.40. The van der Waals surface area contributed by atoms with Crippen LogP contribution in [0.1, 0.15) is 37.6 Å². The molecule has 2 fully saturated rings. The van der Waals surface area contributed by atoms with Crippen LogP contribution in [0.4, 0.5) is 22.0 Å². The van der Waals surface area contributed by atoms with E-state index in [1.165, 1.54) is 24.7 Å². The van der Waals surface area contributed by atoms with Crippen LogP contribution >= 0.6 is 0 Å². The van der Waals surface area contributed by atoms with Crippen LogP contribution in [0.25, 0.3) is 11.3 Å². The highest BCUT2D eigenvalue weighted by Gasteiger charge is 2.75. The van der Waals surface area contributed by atoms with Crippen molar-refractivity contribution in [2.75, 3.05) is 6.54 Å². The molecule has 1 saturated heterocycles. The molecule has 2 aliphatic rings. The number of aryl methyl sites for hydroxylation is 1. The van der Waals surface area contributed by atoms with Crippen molar-refractivity contribution in [2.45, 2.75) is 55.4 Å². The van der Waals surface area contributed by atoms with Gasteiger partial charge in [0.2, 0.25) is 10.0 Å². The van der Waals surface area contributed by atoms with Gasteiger partial charge in [-0.1, -0.05) is 0 Å². The van der Waals surface area contributed by atoms with Crippen molar-refractivity contribution < 1.29 is 35.2 Å². The summed E-state index contributed by atoms with van der Waals surface area (Å²) in [5, 5.41) is 0. The Morgan fingerprint density at radius 3 is 2.38 bits per heavy atom. The van der Waals surface area contributed by atoms with Crippen LogP contribution in [0.15, 0.2) is 59.9 Å². The topological polar surface area (TPSA) is 93.1 Å². The average Bonchev–Trinajstić information content (AvgIpc) is 3.20. The van der Waals surface area contributed by atoms with Gasteiger partial charge in [0, 0.05) is 43.8 Å². The number of hydrogen-bond donors (Lipinski definition) is 0. The Hall–Kier alpha value is -3.32. The smallest absolute Gasteiger partial charge is 0.286 e. The monoisotopic (exact) mass is 566 g/mol. The quantitative estimate of drug-likeness (QED) is 0.365. The minimum atomic E-state index is -4.34. The molecule has 5 rings (SSSR count). The molecule has 39 heavy (non-hydrogen) atoms. The van der Waals surface area contributed by atoms with Crippen LogP contribution in [0.3, 0.4) is 0 Å². The number of alkyl halides is 4. The molecule has 1 spiro atoms. The first kappa shape index (κ1) is 27.3. The molecule has 3 aromatic rings. The number of rotatable bonds is 8. The Morgan fingerprint density at radius 2 is 1.79 bits per heavy atom. The van der Waals surface area contributed by atoms with Crippen molar-refractivity contribution in [3.63, 3.8) is 0 Å². The highest BCUT2D eigenvalue weighted by atomic mass is 32.2. The molecule has 1 aliphatic carbocycles. The summed E-state index contributed by atoms with van der Waals surface area (Å²) in [6.07, 6.45) is 1.54. The molecule has 7 nitrogen and oxygen atoms in total. The Bertz CT molecular complexity index is 1510. The zero-order valence-corrected chi connectivity index (χ0v) is 21.4. The molecule has 0 N–H and O–H groups in total. The second-order valence-electron chi connectivity index (χ2n) is 10.1. The van der Waals surface area contributed by atoms with Crippen molar-refractivity contribution in [3.05, 3.63) is 72.2 Å². The van der Waals surface area contributed by atoms with Gasteiger partial charge in [0.1, 0.15) is 17.8 Å². The number of aromatic nitrogens is 3. The first-order valence-corrected chi connectivity index (χ1v) is 13.5. The van der Waals surface area contributed by atoms with Crippen molar-refractivity contribution in [2.24, 2.45) is 5.41 Å². The number of carbonyl (C=O) groups excluding carboxylic acids is 1. The lowest BCUT2D eigenvalue weighted by molar-refractivity contribution is -0.122. The Morgan fingerprint density at radius 1 is 1.10 bits per heavy atom. The SMILES string of the molecule is CC(F)(F)c1ccc(-c2cc(CCC(=O)[C@@H]3C[C@]4(CN3S(=O)(=O)c3ccc(F)cc3)CC4(F)F)ncn2)cn1. The number of carbonyl (C=O) groups is 1. The fourth-order valence-electron chi connectivity index (χ4n) is 4.90. The van der Waals surface area contributed by atoms with Gasteiger partial charge in [-0.25, -0.2) is 31.6 Å². The van der Waals surface area contributed by atoms with Crippen molar-refractivity contribution in [1.82, 2.24) is 19.3 Å². The maximum Gasteiger partial charge on any atom is 0.286 e. The first-order valence-electron chi connectivity index (χ1n) is 12.1. The van der Waals surface area contributed by atoms with E-state index >= 15 is 0 Å². The molecule has 13 heteroatoms. The summed E-state index contributed by atoms with van der Waals surface area (Å²) in [6, 6.07) is 6.83. The molecule has 1 aromatic carbocycles. The van der Waals surface area contributed by atoms with E-state index in [1.54, 1.807) is 6.07 Å². The van der Waals surface area contributed by atoms with E-state index < -0.39 is 63.6 Å². The van der Waals surface area contributed by atoms with E-state index in [2.05, 4.69) is 15.0 Å². The fraction of sp³-hybridized carbons (Fsp3) is 0.385. The highest BCUT2D eigenvalue weighted by Crippen LogP contribution is 2.66. The number of halogens is 5. The molecule has 1 saturated carbocycles. The van der Waals surface area contributed by atoms with Crippen LogP contribution < -0.4 is 0 Å². The number of sulfonamides is 1. The van der Waals surface area contributed by atoms with Gasteiger partial charge in [-0.2, -0.15) is 13.1 Å².